The van der Waals surface area contributed by atoms with E-state index in [2.05, 4.69) is 12.2 Å². The molecule has 0 radical (unpaired) electrons. The Balaban J connectivity index is 1.96. The lowest BCUT2D eigenvalue weighted by Gasteiger charge is -2.33. The summed E-state index contributed by atoms with van der Waals surface area (Å²) in [5, 5.41) is 0. The third-order valence-corrected chi connectivity index (χ3v) is 4.40. The molecule has 1 unspecified atom stereocenters. The molecule has 3 heteroatoms. The van der Waals surface area contributed by atoms with Crippen molar-refractivity contribution in [3.05, 3.63) is 101 Å². The first-order valence-electron chi connectivity index (χ1n) is 7.99. The molecule has 24 heavy (non-hydrogen) atoms. The van der Waals surface area contributed by atoms with Crippen molar-refractivity contribution in [3.8, 4) is 0 Å². The highest BCUT2D eigenvalue weighted by molar-refractivity contribution is 5.52. The lowest BCUT2D eigenvalue weighted by atomic mass is 9.73. The predicted molar refractivity (Wildman–Crippen MR) is 97.2 cm³/mol. The van der Waals surface area contributed by atoms with E-state index >= 15 is 0 Å². The summed E-state index contributed by atoms with van der Waals surface area (Å²) < 4.78 is 13.6. The maximum Gasteiger partial charge on any atom is 0.123 e. The summed E-state index contributed by atoms with van der Waals surface area (Å²) >= 11 is 0. The summed E-state index contributed by atoms with van der Waals surface area (Å²) in [6, 6.07) is 16.7. The molecule has 122 valence electrons. The van der Waals surface area contributed by atoms with E-state index in [4.69, 9.17) is 11.5 Å². The Bertz CT molecular complexity index is 806. The van der Waals surface area contributed by atoms with Crippen molar-refractivity contribution in [2.24, 2.45) is 16.9 Å². The Morgan fingerprint density at radius 1 is 1.04 bits per heavy atom. The fraction of sp³-hybridized carbons (Fsp3) is 0.143. The molecular weight excluding hydrogens is 299 g/mol. The molecule has 3 rings (SSSR count). The van der Waals surface area contributed by atoms with Gasteiger partial charge in [0.2, 0.25) is 0 Å². The van der Waals surface area contributed by atoms with E-state index in [0.717, 1.165) is 11.1 Å². The fourth-order valence-corrected chi connectivity index (χ4v) is 3.03. The van der Waals surface area contributed by atoms with Crippen molar-refractivity contribution < 1.29 is 4.39 Å². The van der Waals surface area contributed by atoms with Crippen molar-refractivity contribution in [3.63, 3.8) is 0 Å². The van der Waals surface area contributed by atoms with Crippen LogP contribution >= 0.6 is 0 Å². The summed E-state index contributed by atoms with van der Waals surface area (Å²) in [7, 11) is 0. The number of rotatable bonds is 4. The molecule has 1 aliphatic carbocycles. The standard InChI is InChI=1S/C21H21FN2/c22-18-8-4-7-17(13-18)15-21(12-10-19(23)14-20(21)24)11-9-16-5-2-1-3-6-16/h1-11,13-14H,12,15,23-24H2. The number of halogens is 1. The molecular formula is C21H21FN2. The molecule has 0 fully saturated rings. The van der Waals surface area contributed by atoms with E-state index in [1.54, 1.807) is 18.2 Å². The minimum atomic E-state index is -0.396. The largest absolute Gasteiger partial charge is 0.401 e. The molecule has 0 heterocycles. The molecule has 1 aliphatic rings. The van der Waals surface area contributed by atoms with Crippen LogP contribution in [0.25, 0.3) is 6.08 Å². The average molecular weight is 320 g/mol. The normalized spacial score (nSPS) is 20.7. The Morgan fingerprint density at radius 2 is 1.83 bits per heavy atom. The van der Waals surface area contributed by atoms with Crippen LogP contribution in [0.2, 0.25) is 0 Å². The smallest absolute Gasteiger partial charge is 0.123 e. The first-order valence-corrected chi connectivity index (χ1v) is 7.99. The third kappa shape index (κ3) is 3.57. The number of hydrogen-bond donors (Lipinski definition) is 2. The number of nitrogens with two attached hydrogens (primary N) is 2. The highest BCUT2D eigenvalue weighted by atomic mass is 19.1. The zero-order valence-corrected chi connectivity index (χ0v) is 13.5. The molecule has 0 spiro atoms. The second-order valence-electron chi connectivity index (χ2n) is 6.21. The van der Waals surface area contributed by atoms with Gasteiger partial charge >= 0.3 is 0 Å². The molecule has 0 aliphatic heterocycles. The Hall–Kier alpha value is -2.81. The van der Waals surface area contributed by atoms with Gasteiger partial charge in [0, 0.05) is 16.8 Å². The van der Waals surface area contributed by atoms with E-state index in [1.165, 1.54) is 6.07 Å². The van der Waals surface area contributed by atoms with Crippen LogP contribution in [0.5, 0.6) is 0 Å². The van der Waals surface area contributed by atoms with Gasteiger partial charge in [-0.2, -0.15) is 0 Å². The molecule has 2 aromatic carbocycles. The molecule has 0 amide bonds. The number of benzene rings is 2. The Kier molecular flexibility index (Phi) is 4.52. The predicted octanol–water partition coefficient (Wildman–Crippen LogP) is 4.16. The van der Waals surface area contributed by atoms with Gasteiger partial charge in [0.15, 0.2) is 0 Å². The van der Waals surface area contributed by atoms with Gasteiger partial charge in [-0.15, -0.1) is 0 Å². The van der Waals surface area contributed by atoms with Crippen LogP contribution < -0.4 is 11.5 Å². The molecule has 4 N–H and O–H groups in total. The van der Waals surface area contributed by atoms with Crippen LogP contribution in [0.1, 0.15) is 17.5 Å². The number of allylic oxidation sites excluding steroid dienone is 3. The molecule has 2 nitrogen and oxygen atoms in total. The van der Waals surface area contributed by atoms with Crippen LogP contribution in [0, 0.1) is 11.2 Å². The van der Waals surface area contributed by atoms with E-state index in [0.29, 0.717) is 24.2 Å². The first kappa shape index (κ1) is 16.1. The van der Waals surface area contributed by atoms with E-state index in [-0.39, 0.29) is 5.82 Å². The quantitative estimate of drug-likeness (QED) is 0.889. The first-order chi connectivity index (χ1) is 11.6. The van der Waals surface area contributed by atoms with Gasteiger partial charge in [-0.1, -0.05) is 60.7 Å². The zero-order valence-electron chi connectivity index (χ0n) is 13.5. The highest BCUT2D eigenvalue weighted by Crippen LogP contribution is 2.38. The lowest BCUT2D eigenvalue weighted by molar-refractivity contribution is 0.450. The zero-order chi connectivity index (χ0) is 17.0. The van der Waals surface area contributed by atoms with Crippen LogP contribution in [0.3, 0.4) is 0 Å². The SMILES string of the molecule is NC1=CCC(C=Cc2ccccc2)(Cc2cccc(F)c2)C(N)=C1. The van der Waals surface area contributed by atoms with Gasteiger partial charge in [0.1, 0.15) is 5.82 Å². The topological polar surface area (TPSA) is 52.0 Å². The van der Waals surface area contributed by atoms with Gasteiger partial charge in [-0.05, 0) is 42.2 Å². The fourth-order valence-electron chi connectivity index (χ4n) is 3.03. The molecule has 0 aromatic heterocycles. The second-order valence-corrected chi connectivity index (χ2v) is 6.21. The van der Waals surface area contributed by atoms with Gasteiger partial charge in [0.25, 0.3) is 0 Å². The minimum Gasteiger partial charge on any atom is -0.401 e. The molecule has 0 bridgehead atoms. The van der Waals surface area contributed by atoms with E-state index in [9.17, 15) is 4.39 Å². The summed E-state index contributed by atoms with van der Waals surface area (Å²) in [4.78, 5) is 0. The van der Waals surface area contributed by atoms with Crippen molar-refractivity contribution in [2.75, 3.05) is 0 Å². The van der Waals surface area contributed by atoms with Gasteiger partial charge < -0.3 is 11.5 Å². The average Bonchev–Trinajstić information content (AvgIpc) is 2.57. The summed E-state index contributed by atoms with van der Waals surface area (Å²) in [6.45, 7) is 0. The van der Waals surface area contributed by atoms with Crippen LogP contribution in [-0.2, 0) is 6.42 Å². The summed E-state index contributed by atoms with van der Waals surface area (Å²) in [6.07, 6.45) is 9.28. The van der Waals surface area contributed by atoms with Crippen molar-refractivity contribution in [1.82, 2.24) is 0 Å². The monoisotopic (exact) mass is 320 g/mol. The number of hydrogen-bond acceptors (Lipinski definition) is 2. The Labute approximate surface area is 142 Å². The van der Waals surface area contributed by atoms with Crippen molar-refractivity contribution in [2.45, 2.75) is 12.8 Å². The van der Waals surface area contributed by atoms with Gasteiger partial charge in [0.05, 0.1) is 0 Å². The third-order valence-electron chi connectivity index (χ3n) is 4.40. The molecule has 0 saturated heterocycles. The van der Waals surface area contributed by atoms with Gasteiger partial charge in [-0.25, -0.2) is 4.39 Å². The molecule has 2 aromatic rings. The second kappa shape index (κ2) is 6.75. The molecule has 0 saturated carbocycles. The van der Waals surface area contributed by atoms with Crippen molar-refractivity contribution in [1.29, 1.82) is 0 Å². The Morgan fingerprint density at radius 3 is 2.54 bits per heavy atom. The minimum absolute atomic E-state index is 0.233. The van der Waals surface area contributed by atoms with Crippen LogP contribution in [0.4, 0.5) is 4.39 Å². The van der Waals surface area contributed by atoms with Crippen LogP contribution in [-0.4, -0.2) is 0 Å². The van der Waals surface area contributed by atoms with Crippen LogP contribution in [0.15, 0.2) is 84.2 Å². The van der Waals surface area contributed by atoms with E-state index in [1.807, 2.05) is 42.5 Å². The maximum absolute atomic E-state index is 13.6. The highest BCUT2D eigenvalue weighted by Gasteiger charge is 2.32. The summed E-state index contributed by atoms with van der Waals surface area (Å²) in [5.41, 5.74) is 15.2. The molecule has 1 atom stereocenters. The van der Waals surface area contributed by atoms with Crippen molar-refractivity contribution >= 4 is 6.08 Å². The van der Waals surface area contributed by atoms with Gasteiger partial charge in [-0.3, -0.25) is 0 Å². The summed E-state index contributed by atoms with van der Waals surface area (Å²) in [5.74, 6) is -0.233. The lowest BCUT2D eigenvalue weighted by Crippen LogP contribution is -2.31. The maximum atomic E-state index is 13.6. The van der Waals surface area contributed by atoms with E-state index < -0.39 is 5.41 Å².